The van der Waals surface area contributed by atoms with Crippen LogP contribution in [-0.4, -0.2) is 11.8 Å². The number of carbonyl (C=O) groups is 2. The fraction of sp³-hybridized carbons (Fsp3) is 0.111. The molecule has 6 heteroatoms. The van der Waals surface area contributed by atoms with E-state index in [1.54, 1.807) is 31.2 Å². The van der Waals surface area contributed by atoms with Crippen LogP contribution in [0.25, 0.3) is 10.1 Å². The molecule has 0 bridgehead atoms. The average Bonchev–Trinajstić information content (AvgIpc) is 2.94. The fourth-order valence-corrected chi connectivity index (χ4v) is 3.65. The number of amides is 2. The van der Waals surface area contributed by atoms with E-state index < -0.39 is 0 Å². The van der Waals surface area contributed by atoms with Crippen molar-refractivity contribution in [3.63, 3.8) is 0 Å². The zero-order valence-corrected chi connectivity index (χ0v) is 14.5. The van der Waals surface area contributed by atoms with Crippen molar-refractivity contribution in [3.8, 4) is 0 Å². The van der Waals surface area contributed by atoms with E-state index in [9.17, 15) is 9.59 Å². The molecular formula is C18H15ClN2O2S. The molecule has 0 saturated heterocycles. The minimum atomic E-state index is -0.244. The molecule has 24 heavy (non-hydrogen) atoms. The molecule has 0 fully saturated rings. The molecule has 4 nitrogen and oxygen atoms in total. The number of thiophene rings is 1. The molecule has 0 atom stereocenters. The summed E-state index contributed by atoms with van der Waals surface area (Å²) in [6.45, 7) is 1.79. The van der Waals surface area contributed by atoms with Crippen LogP contribution < -0.4 is 10.6 Å². The number of hydrogen-bond donors (Lipinski definition) is 2. The highest BCUT2D eigenvalue weighted by Gasteiger charge is 2.17. The van der Waals surface area contributed by atoms with E-state index in [0.29, 0.717) is 27.7 Å². The van der Waals surface area contributed by atoms with Gasteiger partial charge in [-0.1, -0.05) is 36.7 Å². The van der Waals surface area contributed by atoms with Crippen LogP contribution in [0.15, 0.2) is 48.5 Å². The van der Waals surface area contributed by atoms with Crippen molar-refractivity contribution < 1.29 is 9.59 Å². The first kappa shape index (κ1) is 16.5. The van der Waals surface area contributed by atoms with Crippen LogP contribution in [0.2, 0.25) is 5.02 Å². The molecule has 0 unspecified atom stereocenters. The molecule has 2 amide bonds. The maximum absolute atomic E-state index is 12.5. The minimum Gasteiger partial charge on any atom is -0.326 e. The SMILES string of the molecule is CCC(=O)Nc1ccc(NC(=O)c2sc3ccccc3c2Cl)cc1. The molecule has 0 aliphatic rings. The summed E-state index contributed by atoms with van der Waals surface area (Å²) in [4.78, 5) is 24.3. The Labute approximate surface area is 148 Å². The van der Waals surface area contributed by atoms with Gasteiger partial charge >= 0.3 is 0 Å². The molecule has 2 N–H and O–H groups in total. The summed E-state index contributed by atoms with van der Waals surface area (Å²) in [7, 11) is 0. The molecule has 1 aromatic heterocycles. The van der Waals surface area contributed by atoms with Crippen molar-refractivity contribution in [3.05, 3.63) is 58.4 Å². The molecule has 0 aliphatic heterocycles. The van der Waals surface area contributed by atoms with E-state index in [0.717, 1.165) is 10.1 Å². The van der Waals surface area contributed by atoms with Gasteiger partial charge in [0, 0.05) is 27.9 Å². The second-order valence-corrected chi connectivity index (χ2v) is 6.60. The van der Waals surface area contributed by atoms with Crippen LogP contribution in [-0.2, 0) is 4.79 Å². The van der Waals surface area contributed by atoms with Gasteiger partial charge in [-0.25, -0.2) is 0 Å². The zero-order chi connectivity index (χ0) is 17.1. The molecule has 0 spiro atoms. The molecule has 0 aliphatic carbocycles. The maximum atomic E-state index is 12.5. The Hall–Kier alpha value is -2.37. The van der Waals surface area contributed by atoms with Gasteiger partial charge in [0.1, 0.15) is 4.88 Å². The lowest BCUT2D eigenvalue weighted by molar-refractivity contribution is -0.115. The second kappa shape index (κ2) is 7.03. The Bertz CT molecular complexity index is 903. The van der Waals surface area contributed by atoms with Crippen LogP contribution in [0, 0.1) is 0 Å². The summed E-state index contributed by atoms with van der Waals surface area (Å²) < 4.78 is 0.977. The zero-order valence-electron chi connectivity index (χ0n) is 12.9. The summed E-state index contributed by atoms with van der Waals surface area (Å²) >= 11 is 7.68. The third-order valence-corrected chi connectivity index (χ3v) is 5.16. The van der Waals surface area contributed by atoms with E-state index in [4.69, 9.17) is 11.6 Å². The smallest absolute Gasteiger partial charge is 0.267 e. The summed E-state index contributed by atoms with van der Waals surface area (Å²) in [5.41, 5.74) is 1.34. The molecule has 3 aromatic rings. The Balaban J connectivity index is 1.76. The summed E-state index contributed by atoms with van der Waals surface area (Å²) in [5.74, 6) is -0.296. The summed E-state index contributed by atoms with van der Waals surface area (Å²) in [6.07, 6.45) is 0.420. The summed E-state index contributed by atoms with van der Waals surface area (Å²) in [5, 5.41) is 6.94. The Morgan fingerprint density at radius 3 is 2.25 bits per heavy atom. The molecule has 0 radical (unpaired) electrons. The van der Waals surface area contributed by atoms with Gasteiger partial charge in [0.2, 0.25) is 5.91 Å². The number of hydrogen-bond acceptors (Lipinski definition) is 3. The Morgan fingerprint density at radius 1 is 1.00 bits per heavy atom. The van der Waals surface area contributed by atoms with Crippen LogP contribution in [0.5, 0.6) is 0 Å². The highest BCUT2D eigenvalue weighted by molar-refractivity contribution is 7.21. The number of fused-ring (bicyclic) bond motifs is 1. The van der Waals surface area contributed by atoms with Crippen LogP contribution in [0.3, 0.4) is 0 Å². The number of benzene rings is 2. The Morgan fingerprint density at radius 2 is 1.62 bits per heavy atom. The van der Waals surface area contributed by atoms with Gasteiger partial charge in [-0.3, -0.25) is 9.59 Å². The van der Waals surface area contributed by atoms with Crippen LogP contribution in [0.1, 0.15) is 23.0 Å². The lowest BCUT2D eigenvalue weighted by Gasteiger charge is -2.07. The topological polar surface area (TPSA) is 58.2 Å². The molecule has 1 heterocycles. The van der Waals surface area contributed by atoms with Crippen molar-refractivity contribution >= 4 is 56.2 Å². The maximum Gasteiger partial charge on any atom is 0.267 e. The highest BCUT2D eigenvalue weighted by atomic mass is 35.5. The van der Waals surface area contributed by atoms with Gasteiger partial charge in [0.05, 0.1) is 5.02 Å². The number of halogens is 1. The predicted molar refractivity (Wildman–Crippen MR) is 100 cm³/mol. The van der Waals surface area contributed by atoms with Crippen LogP contribution >= 0.6 is 22.9 Å². The van der Waals surface area contributed by atoms with E-state index in [1.165, 1.54) is 11.3 Å². The van der Waals surface area contributed by atoms with E-state index >= 15 is 0 Å². The van der Waals surface area contributed by atoms with Gasteiger partial charge < -0.3 is 10.6 Å². The third kappa shape index (κ3) is 3.42. The second-order valence-electron chi connectivity index (χ2n) is 5.17. The number of carbonyl (C=O) groups excluding carboxylic acids is 2. The Kier molecular flexibility index (Phi) is 4.83. The minimum absolute atomic E-state index is 0.0520. The fourth-order valence-electron chi connectivity index (χ4n) is 2.23. The van der Waals surface area contributed by atoms with Gasteiger partial charge in [-0.2, -0.15) is 0 Å². The first-order chi connectivity index (χ1) is 11.6. The molecule has 0 saturated carbocycles. The predicted octanol–water partition coefficient (Wildman–Crippen LogP) is 5.16. The lowest BCUT2D eigenvalue weighted by Crippen LogP contribution is -2.11. The van der Waals surface area contributed by atoms with E-state index in [1.807, 2.05) is 24.3 Å². The van der Waals surface area contributed by atoms with E-state index in [2.05, 4.69) is 10.6 Å². The van der Waals surface area contributed by atoms with Gasteiger partial charge in [-0.05, 0) is 30.3 Å². The van der Waals surface area contributed by atoms with Crippen molar-refractivity contribution in [1.29, 1.82) is 0 Å². The van der Waals surface area contributed by atoms with Gasteiger partial charge in [0.15, 0.2) is 0 Å². The van der Waals surface area contributed by atoms with Gasteiger partial charge in [-0.15, -0.1) is 11.3 Å². The van der Waals surface area contributed by atoms with Crippen LogP contribution in [0.4, 0.5) is 11.4 Å². The van der Waals surface area contributed by atoms with Crippen molar-refractivity contribution in [2.75, 3.05) is 10.6 Å². The standard InChI is InChI=1S/C18H15ClN2O2S/c1-2-15(22)20-11-7-9-12(10-8-11)21-18(23)17-16(19)13-5-3-4-6-14(13)24-17/h3-10H,2H2,1H3,(H,20,22)(H,21,23). The number of nitrogens with one attached hydrogen (secondary N) is 2. The number of anilines is 2. The first-order valence-corrected chi connectivity index (χ1v) is 8.66. The lowest BCUT2D eigenvalue weighted by atomic mass is 10.2. The quantitative estimate of drug-likeness (QED) is 0.677. The van der Waals surface area contributed by atoms with Crippen molar-refractivity contribution in [2.24, 2.45) is 0 Å². The number of rotatable bonds is 4. The van der Waals surface area contributed by atoms with Crippen molar-refractivity contribution in [1.82, 2.24) is 0 Å². The molecule has 2 aromatic carbocycles. The third-order valence-electron chi connectivity index (χ3n) is 3.49. The first-order valence-electron chi connectivity index (χ1n) is 7.46. The average molecular weight is 359 g/mol. The normalized spacial score (nSPS) is 10.6. The largest absolute Gasteiger partial charge is 0.326 e. The molecular weight excluding hydrogens is 344 g/mol. The summed E-state index contributed by atoms with van der Waals surface area (Å²) in [6, 6.07) is 14.6. The molecule has 122 valence electrons. The van der Waals surface area contributed by atoms with E-state index in [-0.39, 0.29) is 11.8 Å². The highest BCUT2D eigenvalue weighted by Crippen LogP contribution is 2.35. The van der Waals surface area contributed by atoms with Crippen molar-refractivity contribution in [2.45, 2.75) is 13.3 Å². The monoisotopic (exact) mass is 358 g/mol. The molecule has 3 rings (SSSR count). The van der Waals surface area contributed by atoms with Gasteiger partial charge in [0.25, 0.3) is 5.91 Å².